The maximum Gasteiger partial charge on any atom is 0.282 e. The van der Waals surface area contributed by atoms with Crippen molar-refractivity contribution in [2.75, 3.05) is 6.61 Å². The lowest BCUT2D eigenvalue weighted by Crippen LogP contribution is -2.39. The first-order chi connectivity index (χ1) is 16.5. The largest absolute Gasteiger partial charge is 0.490 e. The van der Waals surface area contributed by atoms with Gasteiger partial charge in [-0.1, -0.05) is 22.9 Å². The fraction of sp³-hybridized carbons (Fsp3) is 0.600. The predicted molar refractivity (Wildman–Crippen MR) is 129 cm³/mol. The second-order valence-corrected chi connectivity index (χ2v) is 11.4. The van der Waals surface area contributed by atoms with Crippen LogP contribution in [0.5, 0.6) is 5.75 Å². The monoisotopic (exact) mass is 500 g/mol. The summed E-state index contributed by atoms with van der Waals surface area (Å²) in [6, 6.07) is 7.28. The minimum Gasteiger partial charge on any atom is -0.490 e. The van der Waals surface area contributed by atoms with Crippen LogP contribution in [0.25, 0.3) is 0 Å². The summed E-state index contributed by atoms with van der Waals surface area (Å²) in [7, 11) is 0. The van der Waals surface area contributed by atoms with Gasteiger partial charge in [0.25, 0.3) is 5.91 Å². The van der Waals surface area contributed by atoms with Crippen molar-refractivity contribution in [1.29, 1.82) is 5.26 Å². The lowest BCUT2D eigenvalue weighted by Gasteiger charge is -2.29. The van der Waals surface area contributed by atoms with Crippen molar-refractivity contribution in [2.45, 2.75) is 75.9 Å². The molecule has 2 aromatic rings. The molecule has 1 aromatic heterocycles. The number of halogens is 1. The Morgan fingerprint density at radius 2 is 2.00 bits per heavy atom. The third kappa shape index (κ3) is 4.93. The fourth-order valence-corrected chi connectivity index (χ4v) is 6.78. The molecule has 34 heavy (non-hydrogen) atoms. The van der Waals surface area contributed by atoms with Crippen molar-refractivity contribution in [3.05, 3.63) is 38.8 Å². The van der Waals surface area contributed by atoms with Gasteiger partial charge >= 0.3 is 0 Å². The van der Waals surface area contributed by atoms with E-state index in [1.165, 1.54) is 11.3 Å². The first kappa shape index (κ1) is 23.5. The van der Waals surface area contributed by atoms with Gasteiger partial charge in [0, 0.05) is 24.6 Å². The highest BCUT2D eigenvalue weighted by atomic mass is 35.5. The maximum atomic E-state index is 12.8. The minimum absolute atomic E-state index is 0.0669. The molecular weight excluding hydrogens is 472 g/mol. The van der Waals surface area contributed by atoms with Gasteiger partial charge in [0.15, 0.2) is 0 Å². The number of carbonyl (C=O) groups excluding carboxylic acids is 1. The van der Waals surface area contributed by atoms with Crippen LogP contribution in [0, 0.1) is 22.7 Å². The van der Waals surface area contributed by atoms with Crippen molar-refractivity contribution in [2.24, 2.45) is 11.3 Å². The summed E-state index contributed by atoms with van der Waals surface area (Å²) < 4.78 is 6.04. The van der Waals surface area contributed by atoms with E-state index in [0.717, 1.165) is 62.8 Å². The second kappa shape index (κ2) is 9.80. The Balaban J connectivity index is 1.09. The molecule has 0 saturated heterocycles. The number of aromatic nitrogens is 2. The molecule has 3 saturated carbocycles. The molecule has 2 N–H and O–H groups in total. The van der Waals surface area contributed by atoms with Crippen LogP contribution in [0.2, 0.25) is 5.02 Å². The average molecular weight is 501 g/mol. The fourth-order valence-electron chi connectivity index (χ4n) is 5.58. The molecule has 3 fully saturated rings. The van der Waals surface area contributed by atoms with E-state index in [9.17, 15) is 9.90 Å². The number of nitrogens with one attached hydrogen (secondary N) is 1. The Morgan fingerprint density at radius 1 is 1.24 bits per heavy atom. The zero-order valence-electron chi connectivity index (χ0n) is 19.0. The molecule has 1 atom stereocenters. The molecule has 7 nitrogen and oxygen atoms in total. The van der Waals surface area contributed by atoms with E-state index in [1.54, 1.807) is 18.2 Å². The van der Waals surface area contributed by atoms with Gasteiger partial charge in [0.1, 0.15) is 16.8 Å². The van der Waals surface area contributed by atoms with E-state index in [0.29, 0.717) is 45.2 Å². The number of nitrogens with zero attached hydrogens (tertiary/aromatic N) is 3. The molecule has 0 aliphatic heterocycles. The zero-order chi connectivity index (χ0) is 23.7. The van der Waals surface area contributed by atoms with E-state index in [2.05, 4.69) is 15.5 Å². The number of hydrogen-bond acceptors (Lipinski definition) is 7. The second-order valence-electron chi connectivity index (χ2n) is 10.0. The molecule has 1 aromatic carbocycles. The van der Waals surface area contributed by atoms with Crippen molar-refractivity contribution < 1.29 is 14.6 Å². The van der Waals surface area contributed by atoms with Gasteiger partial charge in [0.05, 0.1) is 16.7 Å². The molecule has 0 bridgehead atoms. The number of rotatable bonds is 6. The minimum atomic E-state index is -0.134. The summed E-state index contributed by atoms with van der Waals surface area (Å²) in [6.45, 7) is 0.293. The lowest BCUT2D eigenvalue weighted by atomic mass is 9.79. The van der Waals surface area contributed by atoms with Crippen LogP contribution in [0.15, 0.2) is 18.2 Å². The Labute approximate surface area is 208 Å². The number of carbonyl (C=O) groups is 1. The average Bonchev–Trinajstić information content (AvgIpc) is 3.31. The molecule has 1 spiro atoms. The van der Waals surface area contributed by atoms with Crippen molar-refractivity contribution in [3.8, 4) is 11.8 Å². The van der Waals surface area contributed by atoms with Gasteiger partial charge in [-0.3, -0.25) is 4.79 Å². The zero-order valence-corrected chi connectivity index (χ0v) is 20.6. The van der Waals surface area contributed by atoms with Crippen LogP contribution >= 0.6 is 22.9 Å². The van der Waals surface area contributed by atoms with Gasteiger partial charge in [-0.15, -0.1) is 10.2 Å². The number of aliphatic hydroxyl groups excluding tert-OH is 1. The number of nitriles is 1. The number of hydrogen-bond donors (Lipinski definition) is 2. The highest BCUT2D eigenvalue weighted by Crippen LogP contribution is 2.67. The Hall–Kier alpha value is -2.21. The van der Waals surface area contributed by atoms with E-state index in [-0.39, 0.29) is 18.1 Å². The van der Waals surface area contributed by atoms with E-state index in [1.807, 2.05) is 6.07 Å². The molecule has 3 aliphatic rings. The van der Waals surface area contributed by atoms with Gasteiger partial charge < -0.3 is 15.2 Å². The smallest absolute Gasteiger partial charge is 0.282 e. The van der Waals surface area contributed by atoms with Gasteiger partial charge in [-0.25, -0.2) is 0 Å². The summed E-state index contributed by atoms with van der Waals surface area (Å²) in [5, 5.41) is 31.9. The maximum absolute atomic E-state index is 12.8. The lowest BCUT2D eigenvalue weighted by molar-refractivity contribution is 0.0893. The quantitative estimate of drug-likeness (QED) is 0.587. The molecule has 180 valence electrons. The topological polar surface area (TPSA) is 108 Å². The van der Waals surface area contributed by atoms with Crippen LogP contribution in [-0.4, -0.2) is 40.0 Å². The van der Waals surface area contributed by atoms with Gasteiger partial charge in [-0.2, -0.15) is 5.26 Å². The number of ether oxygens (including phenoxy) is 1. The summed E-state index contributed by atoms with van der Waals surface area (Å²) >= 11 is 7.53. The van der Waals surface area contributed by atoms with Crippen molar-refractivity contribution >= 4 is 28.8 Å². The molecule has 1 unspecified atom stereocenters. The molecule has 9 heteroatoms. The van der Waals surface area contributed by atoms with Crippen molar-refractivity contribution in [3.63, 3.8) is 0 Å². The standard InChI is InChI=1S/C25H29ClN4O3S/c26-21-11-19(4-1-16(21)13-27)33-18-5-2-17(3-6-18)28-22(32)24-30-29-23(34-24)20-12-25(20)9-7-15(14-31)8-10-25/h1,4,11,15,17-18,20,31H,2-3,5-10,12,14H2,(H,28,32)/t15?,17-,18-,20?,25?. The van der Waals surface area contributed by atoms with Gasteiger partial charge in [-0.05, 0) is 81.3 Å². The highest BCUT2D eigenvalue weighted by Gasteiger charge is 2.57. The number of amides is 1. The summed E-state index contributed by atoms with van der Waals surface area (Å²) in [5.74, 6) is 1.41. The number of benzene rings is 1. The Morgan fingerprint density at radius 3 is 2.68 bits per heavy atom. The SMILES string of the molecule is N#Cc1ccc(O[C@H]2CC[C@H](NC(=O)c3nnc(C4CC45CCC(CO)CC5)s3)CC2)cc1Cl. The van der Waals surface area contributed by atoms with Crippen LogP contribution in [0.1, 0.15) is 84.1 Å². The first-order valence-electron chi connectivity index (χ1n) is 12.1. The third-order valence-corrected chi connectivity index (χ3v) is 9.20. The summed E-state index contributed by atoms with van der Waals surface area (Å²) in [4.78, 5) is 12.8. The van der Waals surface area contributed by atoms with E-state index in [4.69, 9.17) is 21.6 Å². The predicted octanol–water partition coefficient (Wildman–Crippen LogP) is 4.84. The van der Waals surface area contributed by atoms with Gasteiger partial charge in [0.2, 0.25) is 5.01 Å². The Kier molecular flexibility index (Phi) is 6.79. The van der Waals surface area contributed by atoms with E-state index >= 15 is 0 Å². The van der Waals surface area contributed by atoms with Crippen LogP contribution in [-0.2, 0) is 0 Å². The van der Waals surface area contributed by atoms with Crippen LogP contribution < -0.4 is 10.1 Å². The molecule has 0 radical (unpaired) electrons. The van der Waals surface area contributed by atoms with Crippen molar-refractivity contribution in [1.82, 2.24) is 15.5 Å². The highest BCUT2D eigenvalue weighted by molar-refractivity contribution is 7.13. The molecule has 3 aliphatic carbocycles. The molecule has 5 rings (SSSR count). The first-order valence-corrected chi connectivity index (χ1v) is 13.3. The molecular formula is C25H29ClN4O3S. The Bertz CT molecular complexity index is 1080. The molecule has 1 amide bonds. The number of aliphatic hydroxyl groups is 1. The normalized spacial score (nSPS) is 30.5. The summed E-state index contributed by atoms with van der Waals surface area (Å²) in [5.41, 5.74) is 0.766. The third-order valence-electron chi connectivity index (χ3n) is 7.86. The van der Waals surface area contributed by atoms with Crippen LogP contribution in [0.4, 0.5) is 0 Å². The molecule has 1 heterocycles. The van der Waals surface area contributed by atoms with Crippen LogP contribution in [0.3, 0.4) is 0 Å². The summed E-state index contributed by atoms with van der Waals surface area (Å²) in [6.07, 6.45) is 9.01. The van der Waals surface area contributed by atoms with E-state index < -0.39 is 0 Å².